The highest BCUT2D eigenvalue weighted by atomic mass is 32.2. The van der Waals surface area contributed by atoms with Gasteiger partial charge in [-0.2, -0.15) is 8.42 Å². The van der Waals surface area contributed by atoms with Gasteiger partial charge in [-0.1, -0.05) is 168 Å². The fourth-order valence-electron chi connectivity index (χ4n) is 6.79. The number of unbranched alkanes of at least 4 members (excludes halogenated alkanes) is 24. The minimum absolute atomic E-state index is 0.172. The van der Waals surface area contributed by atoms with Crippen LogP contribution in [0, 0.1) is 0 Å². The summed E-state index contributed by atoms with van der Waals surface area (Å²) in [6, 6.07) is 0. The Kier molecular flexibility index (Phi) is 30.7. The summed E-state index contributed by atoms with van der Waals surface area (Å²) in [6.45, 7) is 3.74. The molecule has 0 aromatic carbocycles. The van der Waals surface area contributed by atoms with Gasteiger partial charge in [0, 0.05) is 12.8 Å². The molecule has 1 fully saturated rings. The second kappa shape index (κ2) is 32.7. The molecule has 0 spiro atoms. The van der Waals surface area contributed by atoms with Crippen LogP contribution >= 0.6 is 0 Å². The molecular formula is C41H78O12S. The Morgan fingerprint density at radius 2 is 0.944 bits per heavy atom. The largest absolute Gasteiger partial charge is 0.462 e. The summed E-state index contributed by atoms with van der Waals surface area (Å²) in [5.41, 5.74) is 0. The molecule has 13 heteroatoms. The van der Waals surface area contributed by atoms with Gasteiger partial charge in [-0.15, -0.1) is 0 Å². The van der Waals surface area contributed by atoms with Crippen LogP contribution in [-0.2, 0) is 38.7 Å². The number of hydrogen-bond acceptors (Lipinski definition) is 11. The molecule has 0 saturated carbocycles. The zero-order chi connectivity index (χ0) is 39.9. The molecule has 0 bridgehead atoms. The zero-order valence-corrected chi connectivity index (χ0v) is 34.7. The molecule has 320 valence electrons. The number of ether oxygens (including phenoxy) is 4. The monoisotopic (exact) mass is 795 g/mol. The standard InChI is InChI=1S/C41H78O12S/c1-3-5-7-9-11-13-14-15-16-17-18-19-20-22-24-26-28-30-37(43)52-34(31-50-36(42)29-27-25-23-21-12-10-8-6-4-2)32-51-41-40(46)39(45)38(44)35(53-41)33-54(47,48)49/h34-35,38-41,44-46H,3-33H2,1-2H3,(H,47,48,49). The average molecular weight is 795 g/mol. The molecule has 0 amide bonds. The van der Waals surface area contributed by atoms with E-state index >= 15 is 0 Å². The molecule has 0 aromatic heterocycles. The predicted octanol–water partition coefficient (Wildman–Crippen LogP) is 8.12. The summed E-state index contributed by atoms with van der Waals surface area (Å²) >= 11 is 0. The van der Waals surface area contributed by atoms with E-state index in [-0.39, 0.29) is 19.4 Å². The molecule has 0 radical (unpaired) electrons. The Balaban J connectivity index is 2.43. The Bertz CT molecular complexity index is 1030. The van der Waals surface area contributed by atoms with Crippen molar-refractivity contribution in [1.29, 1.82) is 0 Å². The van der Waals surface area contributed by atoms with Crippen LogP contribution in [0.25, 0.3) is 0 Å². The molecular weight excluding hydrogens is 717 g/mol. The lowest BCUT2D eigenvalue weighted by atomic mass is 10.00. The minimum Gasteiger partial charge on any atom is -0.462 e. The maximum Gasteiger partial charge on any atom is 0.306 e. The SMILES string of the molecule is CCCCCCCCCCCCCCCCCCCC(=O)OC(COC(=O)CCCCCCCCCCC)COC1OC(CS(=O)(=O)O)C(O)C(O)C1O. The summed E-state index contributed by atoms with van der Waals surface area (Å²) in [4.78, 5) is 25.3. The maximum atomic E-state index is 12.8. The van der Waals surface area contributed by atoms with Crippen LogP contribution in [0.2, 0.25) is 0 Å². The van der Waals surface area contributed by atoms with Crippen LogP contribution in [0.4, 0.5) is 0 Å². The van der Waals surface area contributed by atoms with Gasteiger partial charge in [-0.3, -0.25) is 14.1 Å². The quantitative estimate of drug-likeness (QED) is 0.0272. The van der Waals surface area contributed by atoms with E-state index < -0.39 is 71.2 Å². The van der Waals surface area contributed by atoms with Gasteiger partial charge < -0.3 is 34.3 Å². The molecule has 4 N–H and O–H groups in total. The molecule has 12 nitrogen and oxygen atoms in total. The first-order valence-electron chi connectivity index (χ1n) is 21.6. The Morgan fingerprint density at radius 3 is 1.35 bits per heavy atom. The van der Waals surface area contributed by atoms with E-state index in [0.717, 1.165) is 38.5 Å². The maximum absolute atomic E-state index is 12.8. The van der Waals surface area contributed by atoms with Crippen molar-refractivity contribution in [2.75, 3.05) is 19.0 Å². The van der Waals surface area contributed by atoms with E-state index in [4.69, 9.17) is 18.9 Å². The van der Waals surface area contributed by atoms with Gasteiger partial charge in [0.1, 0.15) is 36.8 Å². The molecule has 0 aromatic rings. The van der Waals surface area contributed by atoms with Crippen molar-refractivity contribution in [2.24, 2.45) is 0 Å². The van der Waals surface area contributed by atoms with Gasteiger partial charge >= 0.3 is 11.9 Å². The lowest BCUT2D eigenvalue weighted by Crippen LogP contribution is -2.60. The zero-order valence-electron chi connectivity index (χ0n) is 33.8. The third kappa shape index (κ3) is 27.3. The first kappa shape index (κ1) is 50.7. The predicted molar refractivity (Wildman–Crippen MR) is 211 cm³/mol. The molecule has 6 unspecified atom stereocenters. The molecule has 54 heavy (non-hydrogen) atoms. The first-order chi connectivity index (χ1) is 26.0. The molecule has 6 atom stereocenters. The van der Waals surface area contributed by atoms with Gasteiger partial charge in [0.2, 0.25) is 0 Å². The third-order valence-electron chi connectivity index (χ3n) is 10.2. The van der Waals surface area contributed by atoms with Crippen molar-refractivity contribution in [3.05, 3.63) is 0 Å². The van der Waals surface area contributed by atoms with E-state index in [2.05, 4.69) is 13.8 Å². The van der Waals surface area contributed by atoms with Crippen molar-refractivity contribution >= 4 is 22.1 Å². The van der Waals surface area contributed by atoms with E-state index in [1.807, 2.05) is 0 Å². The second-order valence-electron chi connectivity index (χ2n) is 15.4. The van der Waals surface area contributed by atoms with Gasteiger partial charge in [0.25, 0.3) is 10.1 Å². The number of carbonyl (C=O) groups excluding carboxylic acids is 2. The molecule has 0 aliphatic carbocycles. The molecule has 1 rings (SSSR count). The fourth-order valence-corrected chi connectivity index (χ4v) is 7.49. The summed E-state index contributed by atoms with van der Waals surface area (Å²) in [5, 5.41) is 30.8. The van der Waals surface area contributed by atoms with Gasteiger partial charge in [-0.25, -0.2) is 0 Å². The van der Waals surface area contributed by atoms with Crippen LogP contribution in [-0.4, -0.2) is 96.0 Å². The van der Waals surface area contributed by atoms with Gasteiger partial charge in [-0.05, 0) is 12.8 Å². The lowest BCUT2D eigenvalue weighted by molar-refractivity contribution is -0.297. The Hall–Kier alpha value is -1.35. The van der Waals surface area contributed by atoms with Crippen molar-refractivity contribution < 1.29 is 56.8 Å². The molecule has 1 heterocycles. The Morgan fingerprint density at radius 1 is 0.556 bits per heavy atom. The fraction of sp³-hybridized carbons (Fsp3) is 0.951. The average Bonchev–Trinajstić information content (AvgIpc) is 3.13. The number of aliphatic hydroxyl groups excluding tert-OH is 3. The van der Waals surface area contributed by atoms with E-state index in [9.17, 15) is 37.9 Å². The Labute approximate surface area is 327 Å². The number of rotatable bonds is 36. The highest BCUT2D eigenvalue weighted by molar-refractivity contribution is 7.85. The first-order valence-corrected chi connectivity index (χ1v) is 23.2. The van der Waals surface area contributed by atoms with Crippen LogP contribution in [0.15, 0.2) is 0 Å². The van der Waals surface area contributed by atoms with Crippen LogP contribution < -0.4 is 0 Å². The molecule has 1 aliphatic heterocycles. The van der Waals surface area contributed by atoms with E-state index in [0.29, 0.717) is 12.8 Å². The van der Waals surface area contributed by atoms with Gasteiger partial charge in [0.05, 0.1) is 6.61 Å². The summed E-state index contributed by atoms with van der Waals surface area (Å²) in [5.74, 6) is -1.97. The normalized spacial score (nSPS) is 20.9. The van der Waals surface area contributed by atoms with E-state index in [1.165, 1.54) is 116 Å². The minimum atomic E-state index is -4.59. The summed E-state index contributed by atoms with van der Waals surface area (Å²) in [7, 11) is -4.59. The summed E-state index contributed by atoms with van der Waals surface area (Å²) in [6.07, 6.45) is 21.6. The highest BCUT2D eigenvalue weighted by Gasteiger charge is 2.46. The summed E-state index contributed by atoms with van der Waals surface area (Å²) < 4.78 is 53.9. The number of esters is 2. The lowest BCUT2D eigenvalue weighted by Gasteiger charge is -2.40. The number of aliphatic hydroxyl groups is 3. The third-order valence-corrected chi connectivity index (χ3v) is 10.9. The van der Waals surface area contributed by atoms with Crippen LogP contribution in [0.5, 0.6) is 0 Å². The topological polar surface area (TPSA) is 186 Å². The molecule has 1 saturated heterocycles. The van der Waals surface area contributed by atoms with Gasteiger partial charge in [0.15, 0.2) is 12.4 Å². The second-order valence-corrected chi connectivity index (χ2v) is 16.9. The van der Waals surface area contributed by atoms with Crippen molar-refractivity contribution in [2.45, 2.75) is 230 Å². The molecule has 1 aliphatic rings. The van der Waals surface area contributed by atoms with E-state index in [1.54, 1.807) is 0 Å². The number of carbonyl (C=O) groups is 2. The van der Waals surface area contributed by atoms with Crippen molar-refractivity contribution in [1.82, 2.24) is 0 Å². The van der Waals surface area contributed by atoms with Crippen molar-refractivity contribution in [3.8, 4) is 0 Å². The number of hydrogen-bond donors (Lipinski definition) is 4. The highest BCUT2D eigenvalue weighted by Crippen LogP contribution is 2.24. The van der Waals surface area contributed by atoms with Crippen LogP contribution in [0.3, 0.4) is 0 Å². The van der Waals surface area contributed by atoms with Crippen LogP contribution in [0.1, 0.15) is 194 Å². The smallest absolute Gasteiger partial charge is 0.306 e. The van der Waals surface area contributed by atoms with Crippen molar-refractivity contribution in [3.63, 3.8) is 0 Å².